The number of pyridine rings is 1. The van der Waals surface area contributed by atoms with Gasteiger partial charge in [0.15, 0.2) is 5.96 Å². The monoisotopic (exact) mass is 498 g/mol. The highest BCUT2D eigenvalue weighted by Gasteiger charge is 2.31. The van der Waals surface area contributed by atoms with Crippen LogP contribution >= 0.6 is 47.3 Å². The van der Waals surface area contributed by atoms with E-state index in [-0.39, 0.29) is 28.7 Å². The van der Waals surface area contributed by atoms with Crippen LogP contribution in [0.3, 0.4) is 0 Å². The molecule has 2 heterocycles. The lowest BCUT2D eigenvalue weighted by Crippen LogP contribution is -2.41. The minimum atomic E-state index is 0. The number of hydrogen-bond donors (Lipinski definition) is 2. The SMILES string of the molecule is CCNC(=NCC1(SC)CCOCC1)NCCc1ccc(Cl)nc1.I. The standard InChI is InChI=1S/C17H27ClN4OS.HI/c1-3-19-16(20-9-6-14-4-5-15(18)21-12-14)22-13-17(24-2)7-10-23-11-8-17;/h4-5,12H,3,6-11,13H2,1-2H3,(H2,19,20,22);1H. The van der Waals surface area contributed by atoms with Crippen molar-refractivity contribution in [2.45, 2.75) is 30.9 Å². The van der Waals surface area contributed by atoms with E-state index in [0.717, 1.165) is 63.6 Å². The smallest absolute Gasteiger partial charge is 0.191 e. The third-order valence-electron chi connectivity index (χ3n) is 4.20. The van der Waals surface area contributed by atoms with Gasteiger partial charge in [0.05, 0.1) is 6.54 Å². The lowest BCUT2D eigenvalue weighted by Gasteiger charge is -2.34. The molecule has 1 saturated heterocycles. The van der Waals surface area contributed by atoms with E-state index < -0.39 is 0 Å². The predicted molar refractivity (Wildman–Crippen MR) is 119 cm³/mol. The fourth-order valence-corrected chi connectivity index (χ4v) is 3.50. The van der Waals surface area contributed by atoms with Crippen molar-refractivity contribution in [3.05, 3.63) is 29.0 Å². The van der Waals surface area contributed by atoms with Gasteiger partial charge in [0.2, 0.25) is 0 Å². The van der Waals surface area contributed by atoms with Gasteiger partial charge in [-0.2, -0.15) is 11.8 Å². The van der Waals surface area contributed by atoms with E-state index >= 15 is 0 Å². The van der Waals surface area contributed by atoms with Crippen molar-refractivity contribution < 1.29 is 4.74 Å². The molecule has 0 amide bonds. The van der Waals surface area contributed by atoms with Crippen molar-refractivity contribution >= 4 is 53.3 Å². The molecule has 0 spiro atoms. The van der Waals surface area contributed by atoms with Gasteiger partial charge in [0.25, 0.3) is 0 Å². The Kier molecular flexibility index (Phi) is 11.1. The number of nitrogens with zero attached hydrogens (tertiary/aromatic N) is 2. The molecule has 0 radical (unpaired) electrons. The summed E-state index contributed by atoms with van der Waals surface area (Å²) in [6, 6.07) is 3.83. The number of rotatable bonds is 7. The van der Waals surface area contributed by atoms with Crippen LogP contribution in [-0.4, -0.2) is 54.8 Å². The van der Waals surface area contributed by atoms with Gasteiger partial charge in [0, 0.05) is 37.2 Å². The quantitative estimate of drug-likeness (QED) is 0.261. The summed E-state index contributed by atoms with van der Waals surface area (Å²) in [6.07, 6.45) is 7.00. The number of aromatic nitrogens is 1. The van der Waals surface area contributed by atoms with Crippen LogP contribution in [0.15, 0.2) is 23.3 Å². The zero-order chi connectivity index (χ0) is 17.3. The van der Waals surface area contributed by atoms with Crippen LogP contribution in [0.4, 0.5) is 0 Å². The third-order valence-corrected chi connectivity index (χ3v) is 5.83. The third kappa shape index (κ3) is 7.88. The molecule has 8 heteroatoms. The Bertz CT molecular complexity index is 524. The van der Waals surface area contributed by atoms with Gasteiger partial charge < -0.3 is 15.4 Å². The Morgan fingerprint density at radius 1 is 1.36 bits per heavy atom. The van der Waals surface area contributed by atoms with Gasteiger partial charge in [-0.15, -0.1) is 24.0 Å². The van der Waals surface area contributed by atoms with Gasteiger partial charge in [-0.1, -0.05) is 17.7 Å². The van der Waals surface area contributed by atoms with Gasteiger partial charge in [-0.3, -0.25) is 4.99 Å². The molecule has 0 aromatic carbocycles. The van der Waals surface area contributed by atoms with Crippen LogP contribution in [0.1, 0.15) is 25.3 Å². The molecule has 1 aliphatic heterocycles. The van der Waals surface area contributed by atoms with Crippen molar-refractivity contribution in [3.63, 3.8) is 0 Å². The number of nitrogens with one attached hydrogen (secondary N) is 2. The fraction of sp³-hybridized carbons (Fsp3) is 0.647. The van der Waals surface area contributed by atoms with Crippen molar-refractivity contribution in [1.82, 2.24) is 15.6 Å². The molecule has 0 atom stereocenters. The summed E-state index contributed by atoms with van der Waals surface area (Å²) >= 11 is 7.72. The number of guanidine groups is 1. The van der Waals surface area contributed by atoms with Crippen LogP contribution in [0.2, 0.25) is 5.15 Å². The lowest BCUT2D eigenvalue weighted by atomic mass is 9.99. The Labute approximate surface area is 177 Å². The minimum absolute atomic E-state index is 0. The Morgan fingerprint density at radius 2 is 2.12 bits per heavy atom. The van der Waals surface area contributed by atoms with Crippen molar-refractivity contribution in [3.8, 4) is 0 Å². The molecule has 5 nitrogen and oxygen atoms in total. The molecule has 1 aromatic heterocycles. The first-order valence-electron chi connectivity index (χ1n) is 8.43. The summed E-state index contributed by atoms with van der Waals surface area (Å²) in [5, 5.41) is 7.25. The van der Waals surface area contributed by atoms with Gasteiger partial charge in [0.1, 0.15) is 5.15 Å². The van der Waals surface area contributed by atoms with E-state index in [9.17, 15) is 0 Å². The molecule has 25 heavy (non-hydrogen) atoms. The second-order valence-corrected chi connectivity index (χ2v) is 7.52. The highest BCUT2D eigenvalue weighted by Crippen LogP contribution is 2.33. The molecular weight excluding hydrogens is 471 g/mol. The molecule has 142 valence electrons. The van der Waals surface area contributed by atoms with Gasteiger partial charge in [-0.05, 0) is 44.1 Å². The van der Waals surface area contributed by atoms with Crippen LogP contribution in [0, 0.1) is 0 Å². The van der Waals surface area contributed by atoms with E-state index in [1.54, 1.807) is 0 Å². The summed E-state index contributed by atoms with van der Waals surface area (Å²) in [6.45, 7) is 6.23. The largest absolute Gasteiger partial charge is 0.381 e. The van der Waals surface area contributed by atoms with Crippen molar-refractivity contribution in [1.29, 1.82) is 0 Å². The maximum Gasteiger partial charge on any atom is 0.191 e. The second kappa shape index (κ2) is 12.2. The molecule has 0 saturated carbocycles. The van der Waals surface area contributed by atoms with Gasteiger partial charge >= 0.3 is 0 Å². The van der Waals surface area contributed by atoms with Crippen LogP contribution in [0.25, 0.3) is 0 Å². The molecule has 1 aliphatic rings. The Morgan fingerprint density at radius 3 is 2.72 bits per heavy atom. The minimum Gasteiger partial charge on any atom is -0.381 e. The molecule has 1 fully saturated rings. The summed E-state index contributed by atoms with van der Waals surface area (Å²) in [5.74, 6) is 0.874. The lowest BCUT2D eigenvalue weighted by molar-refractivity contribution is 0.0794. The maximum atomic E-state index is 5.81. The Balaban J connectivity index is 0.00000312. The van der Waals surface area contributed by atoms with Crippen LogP contribution in [-0.2, 0) is 11.2 Å². The molecule has 0 unspecified atom stereocenters. The summed E-state index contributed by atoms with van der Waals surface area (Å²) < 4.78 is 5.70. The average Bonchev–Trinajstić information content (AvgIpc) is 2.62. The molecule has 2 N–H and O–H groups in total. The zero-order valence-electron chi connectivity index (χ0n) is 14.9. The topological polar surface area (TPSA) is 58.5 Å². The van der Waals surface area contributed by atoms with E-state index in [1.165, 1.54) is 0 Å². The Hall–Kier alpha value is -0.250. The van der Waals surface area contributed by atoms with Crippen molar-refractivity contribution in [2.24, 2.45) is 4.99 Å². The summed E-state index contributed by atoms with van der Waals surface area (Å²) in [7, 11) is 0. The van der Waals surface area contributed by atoms with Crippen LogP contribution < -0.4 is 10.6 Å². The molecular formula is C17H28ClIN4OS. The number of halogens is 2. The summed E-state index contributed by atoms with van der Waals surface area (Å²) in [4.78, 5) is 8.91. The normalized spacial score (nSPS) is 16.8. The van der Waals surface area contributed by atoms with Crippen molar-refractivity contribution in [2.75, 3.05) is 39.1 Å². The predicted octanol–water partition coefficient (Wildman–Crippen LogP) is 3.36. The maximum absolute atomic E-state index is 5.81. The number of thioether (sulfide) groups is 1. The summed E-state index contributed by atoms with van der Waals surface area (Å²) in [5.41, 5.74) is 1.16. The first-order chi connectivity index (χ1) is 11.7. The second-order valence-electron chi connectivity index (χ2n) is 5.86. The first-order valence-corrected chi connectivity index (χ1v) is 10.0. The highest BCUT2D eigenvalue weighted by molar-refractivity contribution is 14.0. The van der Waals surface area contributed by atoms with Gasteiger partial charge in [-0.25, -0.2) is 4.98 Å². The molecule has 1 aromatic rings. The van der Waals surface area contributed by atoms with E-state index in [0.29, 0.717) is 5.15 Å². The molecule has 0 aliphatic carbocycles. The van der Waals surface area contributed by atoms with Crippen LogP contribution in [0.5, 0.6) is 0 Å². The number of hydrogen-bond acceptors (Lipinski definition) is 4. The molecule has 0 bridgehead atoms. The average molecular weight is 499 g/mol. The number of ether oxygens (including phenoxy) is 1. The van der Waals surface area contributed by atoms with E-state index in [1.807, 2.05) is 30.1 Å². The zero-order valence-corrected chi connectivity index (χ0v) is 18.8. The van der Waals surface area contributed by atoms with E-state index in [2.05, 4.69) is 28.8 Å². The number of aliphatic imine (C=N–C) groups is 1. The fourth-order valence-electron chi connectivity index (χ4n) is 2.61. The van der Waals surface area contributed by atoms with E-state index in [4.69, 9.17) is 21.3 Å². The first kappa shape index (κ1) is 22.8. The highest BCUT2D eigenvalue weighted by atomic mass is 127. The molecule has 2 rings (SSSR count).